The molecule has 0 aromatic heterocycles. The monoisotopic (exact) mass is 278 g/mol. The van der Waals surface area contributed by atoms with Gasteiger partial charge in [0.15, 0.2) is 0 Å². The van der Waals surface area contributed by atoms with Gasteiger partial charge in [0.25, 0.3) is 0 Å². The zero-order chi connectivity index (χ0) is 13.7. The molecule has 1 unspecified atom stereocenters. The first kappa shape index (κ1) is 14.9. The highest BCUT2D eigenvalue weighted by atomic mass is 32.2. The van der Waals surface area contributed by atoms with Crippen LogP contribution in [0.25, 0.3) is 0 Å². The maximum atomic E-state index is 5.76. The molecule has 106 valence electrons. The highest BCUT2D eigenvalue weighted by Crippen LogP contribution is 2.32. The van der Waals surface area contributed by atoms with Crippen molar-refractivity contribution < 1.29 is 0 Å². The molecular weight excluding hydrogens is 252 g/mol. The zero-order valence-electron chi connectivity index (χ0n) is 12.1. The minimum atomic E-state index is 0.443. The molecule has 0 radical (unpaired) electrons. The average Bonchev–Trinajstić information content (AvgIpc) is 2.43. The second kappa shape index (κ2) is 7.32. The van der Waals surface area contributed by atoms with Gasteiger partial charge in [-0.15, -0.1) is 11.8 Å². The van der Waals surface area contributed by atoms with Crippen LogP contribution in [0.4, 0.5) is 0 Å². The Balaban J connectivity index is 1.83. The summed E-state index contributed by atoms with van der Waals surface area (Å²) in [4.78, 5) is 1.34. The number of thioether (sulfide) groups is 1. The lowest BCUT2D eigenvalue weighted by molar-refractivity contribution is 0.243. The van der Waals surface area contributed by atoms with Crippen LogP contribution in [0.15, 0.2) is 29.2 Å². The fourth-order valence-electron chi connectivity index (χ4n) is 2.83. The van der Waals surface area contributed by atoms with Gasteiger partial charge in [-0.3, -0.25) is 11.3 Å². The van der Waals surface area contributed by atoms with Gasteiger partial charge in [-0.25, -0.2) is 0 Å². The quantitative estimate of drug-likeness (QED) is 0.489. The van der Waals surface area contributed by atoms with Gasteiger partial charge in [-0.05, 0) is 43.7 Å². The van der Waals surface area contributed by atoms with Gasteiger partial charge < -0.3 is 0 Å². The largest absolute Gasteiger partial charge is 0.271 e. The van der Waals surface area contributed by atoms with E-state index in [1.54, 1.807) is 0 Å². The maximum Gasteiger partial charge on any atom is 0.0332 e. The second-order valence-corrected chi connectivity index (χ2v) is 7.01. The van der Waals surface area contributed by atoms with E-state index in [1.165, 1.54) is 36.1 Å². The SMILES string of the molecule is Cc1ccc(SCC(NN)C2CCC(C)CC2)cc1. The molecule has 0 spiro atoms. The Hall–Kier alpha value is -0.510. The molecule has 3 N–H and O–H groups in total. The van der Waals surface area contributed by atoms with Gasteiger partial charge in [-0.2, -0.15) is 0 Å². The first-order valence-corrected chi connectivity index (χ1v) is 8.33. The fourth-order valence-corrected chi connectivity index (χ4v) is 3.90. The number of hydrogen-bond acceptors (Lipinski definition) is 3. The summed E-state index contributed by atoms with van der Waals surface area (Å²) in [5.74, 6) is 8.48. The summed E-state index contributed by atoms with van der Waals surface area (Å²) in [7, 11) is 0. The molecule has 0 aliphatic heterocycles. The van der Waals surface area contributed by atoms with Crippen LogP contribution in [0.3, 0.4) is 0 Å². The van der Waals surface area contributed by atoms with E-state index in [2.05, 4.69) is 43.5 Å². The number of hydrogen-bond donors (Lipinski definition) is 2. The molecule has 1 atom stereocenters. The first-order chi connectivity index (χ1) is 9.19. The van der Waals surface area contributed by atoms with Crippen molar-refractivity contribution in [1.82, 2.24) is 5.43 Å². The van der Waals surface area contributed by atoms with Gasteiger partial charge in [0.1, 0.15) is 0 Å². The Bertz CT molecular complexity index is 369. The van der Waals surface area contributed by atoms with E-state index in [0.717, 1.165) is 17.6 Å². The predicted molar refractivity (Wildman–Crippen MR) is 84.1 cm³/mol. The molecule has 1 aliphatic carbocycles. The lowest BCUT2D eigenvalue weighted by Gasteiger charge is -2.32. The van der Waals surface area contributed by atoms with E-state index < -0.39 is 0 Å². The minimum absolute atomic E-state index is 0.443. The van der Waals surface area contributed by atoms with Crippen LogP contribution in [0.2, 0.25) is 0 Å². The van der Waals surface area contributed by atoms with Gasteiger partial charge in [0.05, 0.1) is 0 Å². The van der Waals surface area contributed by atoms with Crippen molar-refractivity contribution in [3.63, 3.8) is 0 Å². The van der Waals surface area contributed by atoms with Gasteiger partial charge in [0, 0.05) is 16.7 Å². The highest BCUT2D eigenvalue weighted by molar-refractivity contribution is 7.99. The molecule has 2 rings (SSSR count). The normalized spacial score (nSPS) is 25.2. The Kier molecular flexibility index (Phi) is 5.74. The number of aryl methyl sites for hydroxylation is 1. The minimum Gasteiger partial charge on any atom is -0.271 e. The van der Waals surface area contributed by atoms with Crippen molar-refractivity contribution in [2.45, 2.75) is 50.5 Å². The lowest BCUT2D eigenvalue weighted by atomic mass is 9.80. The number of hydrazine groups is 1. The Morgan fingerprint density at radius 2 is 1.84 bits per heavy atom. The molecule has 1 aromatic rings. The molecule has 1 fully saturated rings. The van der Waals surface area contributed by atoms with Crippen molar-refractivity contribution in [1.29, 1.82) is 0 Å². The Labute approximate surface area is 121 Å². The zero-order valence-corrected chi connectivity index (χ0v) is 12.9. The first-order valence-electron chi connectivity index (χ1n) is 7.34. The summed E-state index contributed by atoms with van der Waals surface area (Å²) in [6.07, 6.45) is 5.37. The van der Waals surface area contributed by atoms with Crippen molar-refractivity contribution in [3.05, 3.63) is 29.8 Å². The molecule has 2 nitrogen and oxygen atoms in total. The summed E-state index contributed by atoms with van der Waals surface area (Å²) in [5.41, 5.74) is 4.37. The van der Waals surface area contributed by atoms with E-state index in [4.69, 9.17) is 5.84 Å². The molecule has 0 heterocycles. The topological polar surface area (TPSA) is 38.0 Å². The van der Waals surface area contributed by atoms with Crippen LogP contribution in [-0.2, 0) is 0 Å². The number of benzene rings is 1. The van der Waals surface area contributed by atoms with Gasteiger partial charge >= 0.3 is 0 Å². The predicted octanol–water partition coefficient (Wildman–Crippen LogP) is 3.75. The molecule has 0 bridgehead atoms. The Morgan fingerprint density at radius 3 is 2.42 bits per heavy atom. The summed E-state index contributed by atoms with van der Waals surface area (Å²) >= 11 is 1.91. The third-order valence-corrected chi connectivity index (χ3v) is 5.43. The van der Waals surface area contributed by atoms with Crippen molar-refractivity contribution in [2.24, 2.45) is 17.7 Å². The molecule has 1 saturated carbocycles. The van der Waals surface area contributed by atoms with Crippen LogP contribution in [-0.4, -0.2) is 11.8 Å². The van der Waals surface area contributed by atoms with Crippen molar-refractivity contribution >= 4 is 11.8 Å². The van der Waals surface area contributed by atoms with E-state index in [9.17, 15) is 0 Å². The van der Waals surface area contributed by atoms with E-state index in [1.807, 2.05) is 11.8 Å². The van der Waals surface area contributed by atoms with Crippen LogP contribution in [0.1, 0.15) is 38.2 Å². The van der Waals surface area contributed by atoms with Crippen LogP contribution < -0.4 is 11.3 Å². The van der Waals surface area contributed by atoms with E-state index in [0.29, 0.717) is 6.04 Å². The average molecular weight is 278 g/mol. The van der Waals surface area contributed by atoms with E-state index in [-0.39, 0.29) is 0 Å². The van der Waals surface area contributed by atoms with Gasteiger partial charge in [0.2, 0.25) is 0 Å². The van der Waals surface area contributed by atoms with Gasteiger partial charge in [-0.1, -0.05) is 37.5 Å². The molecule has 3 heteroatoms. The highest BCUT2D eigenvalue weighted by Gasteiger charge is 2.25. The fraction of sp³-hybridized carbons (Fsp3) is 0.625. The second-order valence-electron chi connectivity index (χ2n) is 5.92. The smallest absolute Gasteiger partial charge is 0.0332 e. The van der Waals surface area contributed by atoms with Crippen molar-refractivity contribution in [2.75, 3.05) is 5.75 Å². The number of rotatable bonds is 5. The van der Waals surface area contributed by atoms with E-state index >= 15 is 0 Å². The maximum absolute atomic E-state index is 5.76. The molecule has 1 aromatic carbocycles. The molecule has 0 amide bonds. The lowest BCUT2D eigenvalue weighted by Crippen LogP contribution is -2.43. The van der Waals surface area contributed by atoms with Crippen molar-refractivity contribution in [3.8, 4) is 0 Å². The summed E-state index contributed by atoms with van der Waals surface area (Å²) < 4.78 is 0. The standard InChI is InChI=1S/C16H26N2S/c1-12-3-7-14(8-4-12)16(18-17)11-19-15-9-5-13(2)6-10-15/h5-6,9-10,12,14,16,18H,3-4,7-8,11,17H2,1-2H3. The molecule has 1 aliphatic rings. The third kappa shape index (κ3) is 4.51. The van der Waals surface area contributed by atoms with Crippen LogP contribution in [0, 0.1) is 18.8 Å². The van der Waals surface area contributed by atoms with Crippen LogP contribution in [0.5, 0.6) is 0 Å². The summed E-state index contributed by atoms with van der Waals surface area (Å²) in [5, 5.41) is 0. The molecule has 19 heavy (non-hydrogen) atoms. The summed E-state index contributed by atoms with van der Waals surface area (Å²) in [6.45, 7) is 4.49. The summed E-state index contributed by atoms with van der Waals surface area (Å²) in [6, 6.07) is 9.21. The number of nitrogens with one attached hydrogen (secondary N) is 1. The third-order valence-electron chi connectivity index (χ3n) is 4.29. The number of nitrogens with two attached hydrogens (primary N) is 1. The van der Waals surface area contributed by atoms with Crippen LogP contribution >= 0.6 is 11.8 Å². The molecule has 0 saturated heterocycles. The molecular formula is C16H26N2S. The Morgan fingerprint density at radius 1 is 1.21 bits per heavy atom.